The molecule has 0 aliphatic carbocycles. The van der Waals surface area contributed by atoms with Gasteiger partial charge in [0.05, 0.1) is 18.4 Å². The van der Waals surface area contributed by atoms with Gasteiger partial charge in [0.15, 0.2) is 0 Å². The molecular weight excluding hydrogens is 282 g/mol. The Bertz CT molecular complexity index is 680. The van der Waals surface area contributed by atoms with Crippen LogP contribution in [0.5, 0.6) is 5.75 Å². The fourth-order valence-corrected chi connectivity index (χ4v) is 2.67. The van der Waals surface area contributed by atoms with Crippen molar-refractivity contribution >= 4 is 23.1 Å². The summed E-state index contributed by atoms with van der Waals surface area (Å²) in [7, 11) is 1.63. The Balaban J connectivity index is 2.25. The number of hydrogen-bond acceptors (Lipinski definition) is 5. The molecule has 0 atom stereocenters. The lowest BCUT2D eigenvalue weighted by molar-refractivity contribution is 0.410. The summed E-state index contributed by atoms with van der Waals surface area (Å²) in [5.74, 6) is 0.774. The van der Waals surface area contributed by atoms with Crippen molar-refractivity contribution in [3.63, 3.8) is 0 Å². The van der Waals surface area contributed by atoms with Crippen molar-refractivity contribution in [3.8, 4) is 11.8 Å². The monoisotopic (exact) mass is 299 g/mol. The summed E-state index contributed by atoms with van der Waals surface area (Å²) in [6.45, 7) is 0.542. The molecular formula is C16H17N3OS. The molecule has 0 fully saturated rings. The average Bonchev–Trinajstić information content (AvgIpc) is 2.52. The quantitative estimate of drug-likeness (QED) is 0.653. The molecule has 0 saturated heterocycles. The van der Waals surface area contributed by atoms with Crippen LogP contribution in [0.25, 0.3) is 0 Å². The van der Waals surface area contributed by atoms with Crippen LogP contribution in [0.2, 0.25) is 0 Å². The van der Waals surface area contributed by atoms with E-state index in [0.29, 0.717) is 17.8 Å². The molecule has 0 unspecified atom stereocenters. The van der Waals surface area contributed by atoms with Crippen molar-refractivity contribution < 1.29 is 4.74 Å². The van der Waals surface area contributed by atoms with Crippen LogP contribution in [-0.4, -0.2) is 13.4 Å². The first-order valence-electron chi connectivity index (χ1n) is 6.43. The van der Waals surface area contributed by atoms with Gasteiger partial charge in [-0.1, -0.05) is 6.07 Å². The van der Waals surface area contributed by atoms with Gasteiger partial charge in [-0.3, -0.25) is 0 Å². The molecule has 0 aliphatic rings. The van der Waals surface area contributed by atoms with Crippen molar-refractivity contribution in [2.24, 2.45) is 0 Å². The third-order valence-electron chi connectivity index (χ3n) is 3.13. The first-order valence-corrected chi connectivity index (χ1v) is 7.65. The van der Waals surface area contributed by atoms with Gasteiger partial charge in [-0.05, 0) is 36.6 Å². The Morgan fingerprint density at radius 1 is 1.33 bits per heavy atom. The van der Waals surface area contributed by atoms with Gasteiger partial charge in [0, 0.05) is 22.7 Å². The molecule has 0 saturated carbocycles. The van der Waals surface area contributed by atoms with Crippen molar-refractivity contribution in [1.82, 2.24) is 0 Å². The van der Waals surface area contributed by atoms with Crippen LogP contribution in [-0.2, 0) is 6.54 Å². The second kappa shape index (κ2) is 6.91. The zero-order valence-electron chi connectivity index (χ0n) is 12.0. The van der Waals surface area contributed by atoms with E-state index in [-0.39, 0.29) is 0 Å². The fourth-order valence-electron chi connectivity index (χ4n) is 2.09. The van der Waals surface area contributed by atoms with Gasteiger partial charge < -0.3 is 15.8 Å². The van der Waals surface area contributed by atoms with E-state index in [1.54, 1.807) is 24.9 Å². The van der Waals surface area contributed by atoms with Gasteiger partial charge in [0.2, 0.25) is 0 Å². The van der Waals surface area contributed by atoms with E-state index >= 15 is 0 Å². The fraction of sp³-hybridized carbons (Fsp3) is 0.188. The summed E-state index contributed by atoms with van der Waals surface area (Å²) >= 11 is 1.56. The lowest BCUT2D eigenvalue weighted by Gasteiger charge is -2.13. The molecule has 0 bridgehead atoms. The minimum atomic E-state index is 0.542. The highest BCUT2D eigenvalue weighted by molar-refractivity contribution is 7.98. The Morgan fingerprint density at radius 2 is 2.14 bits per heavy atom. The second-order valence-electron chi connectivity index (χ2n) is 4.42. The van der Waals surface area contributed by atoms with E-state index in [2.05, 4.69) is 11.4 Å². The van der Waals surface area contributed by atoms with Gasteiger partial charge in [-0.25, -0.2) is 0 Å². The van der Waals surface area contributed by atoms with Crippen molar-refractivity contribution in [1.29, 1.82) is 5.26 Å². The van der Waals surface area contributed by atoms with Crippen LogP contribution in [0.4, 0.5) is 11.4 Å². The van der Waals surface area contributed by atoms with E-state index < -0.39 is 0 Å². The molecule has 21 heavy (non-hydrogen) atoms. The minimum absolute atomic E-state index is 0.542. The van der Waals surface area contributed by atoms with Gasteiger partial charge in [-0.15, -0.1) is 11.8 Å². The van der Waals surface area contributed by atoms with E-state index in [0.717, 1.165) is 21.9 Å². The molecule has 3 N–H and O–H groups in total. The Hall–Kier alpha value is -2.32. The largest absolute Gasteiger partial charge is 0.496 e. The SMILES string of the molecule is COc1ccc(N)cc1CNc1cccc(SC)c1C#N. The van der Waals surface area contributed by atoms with Gasteiger partial charge in [-0.2, -0.15) is 5.26 Å². The summed E-state index contributed by atoms with van der Waals surface area (Å²) in [4.78, 5) is 0.960. The predicted molar refractivity (Wildman–Crippen MR) is 87.7 cm³/mol. The third-order valence-corrected chi connectivity index (χ3v) is 3.91. The first-order chi connectivity index (χ1) is 10.2. The Labute approximate surface area is 128 Å². The molecule has 0 radical (unpaired) electrons. The molecule has 0 spiro atoms. The number of hydrogen-bond donors (Lipinski definition) is 2. The Morgan fingerprint density at radius 3 is 2.81 bits per heavy atom. The zero-order valence-corrected chi connectivity index (χ0v) is 12.8. The van der Waals surface area contributed by atoms with Crippen molar-refractivity contribution in [2.75, 3.05) is 24.4 Å². The predicted octanol–water partition coefficient (Wildman–Crippen LogP) is 3.48. The highest BCUT2D eigenvalue weighted by Crippen LogP contribution is 2.28. The summed E-state index contributed by atoms with van der Waals surface area (Å²) in [6, 6.07) is 13.5. The van der Waals surface area contributed by atoms with E-state index in [9.17, 15) is 5.26 Å². The lowest BCUT2D eigenvalue weighted by atomic mass is 10.1. The molecule has 4 nitrogen and oxygen atoms in total. The number of anilines is 2. The van der Waals surface area contributed by atoms with Crippen molar-refractivity contribution in [3.05, 3.63) is 47.5 Å². The molecule has 0 amide bonds. The number of nitrogens with zero attached hydrogens (tertiary/aromatic N) is 1. The number of rotatable bonds is 5. The highest BCUT2D eigenvalue weighted by atomic mass is 32.2. The lowest BCUT2D eigenvalue weighted by Crippen LogP contribution is -2.04. The summed E-state index contributed by atoms with van der Waals surface area (Å²) in [5.41, 5.74) is 8.93. The maximum absolute atomic E-state index is 9.32. The second-order valence-corrected chi connectivity index (χ2v) is 5.27. The number of ether oxygens (including phenoxy) is 1. The van der Waals surface area contributed by atoms with Crippen LogP contribution in [0, 0.1) is 11.3 Å². The number of methoxy groups -OCH3 is 1. The van der Waals surface area contributed by atoms with Crippen LogP contribution in [0.1, 0.15) is 11.1 Å². The minimum Gasteiger partial charge on any atom is -0.496 e. The smallest absolute Gasteiger partial charge is 0.123 e. The Kier molecular flexibility index (Phi) is 4.96. The molecule has 108 valence electrons. The first kappa shape index (κ1) is 15.1. The summed E-state index contributed by atoms with van der Waals surface area (Å²) in [5, 5.41) is 12.6. The average molecular weight is 299 g/mol. The maximum atomic E-state index is 9.32. The standard InChI is InChI=1S/C16H17N3OS/c1-20-15-7-6-12(18)8-11(15)10-19-14-4-3-5-16(21-2)13(14)9-17/h3-8,19H,10,18H2,1-2H3. The molecule has 5 heteroatoms. The topological polar surface area (TPSA) is 71.1 Å². The van der Waals surface area contributed by atoms with Gasteiger partial charge in [0.25, 0.3) is 0 Å². The number of nitrogens with one attached hydrogen (secondary N) is 1. The molecule has 0 aromatic heterocycles. The van der Waals surface area contributed by atoms with Gasteiger partial charge >= 0.3 is 0 Å². The summed E-state index contributed by atoms with van der Waals surface area (Å²) in [6.07, 6.45) is 1.96. The van der Waals surface area contributed by atoms with Crippen LogP contribution >= 0.6 is 11.8 Å². The molecule has 2 aromatic carbocycles. The molecule has 0 heterocycles. The number of nitriles is 1. The number of nitrogen functional groups attached to an aromatic ring is 1. The van der Waals surface area contributed by atoms with Crippen LogP contribution in [0.3, 0.4) is 0 Å². The van der Waals surface area contributed by atoms with E-state index in [4.69, 9.17) is 10.5 Å². The van der Waals surface area contributed by atoms with Crippen LogP contribution in [0.15, 0.2) is 41.3 Å². The van der Waals surface area contributed by atoms with Crippen LogP contribution < -0.4 is 15.8 Å². The van der Waals surface area contributed by atoms with E-state index in [1.165, 1.54) is 0 Å². The van der Waals surface area contributed by atoms with Gasteiger partial charge in [0.1, 0.15) is 11.8 Å². The third kappa shape index (κ3) is 3.41. The number of thioether (sulfide) groups is 1. The van der Waals surface area contributed by atoms with Crippen molar-refractivity contribution in [2.45, 2.75) is 11.4 Å². The van der Waals surface area contributed by atoms with E-state index in [1.807, 2.05) is 36.6 Å². The molecule has 2 aromatic rings. The summed E-state index contributed by atoms with van der Waals surface area (Å²) < 4.78 is 5.33. The number of benzene rings is 2. The molecule has 0 aliphatic heterocycles. The number of nitrogens with two attached hydrogens (primary N) is 1. The zero-order chi connectivity index (χ0) is 15.2. The molecule has 2 rings (SSSR count). The normalized spacial score (nSPS) is 9.95. The highest BCUT2D eigenvalue weighted by Gasteiger charge is 2.08. The maximum Gasteiger partial charge on any atom is 0.123 e.